The largest absolute Gasteiger partial charge is 0.493 e. The molecule has 2 aromatic rings. The fraction of sp³-hybridized carbons (Fsp3) is 0.250. The highest BCUT2D eigenvalue weighted by atomic mass is 16.5. The summed E-state index contributed by atoms with van der Waals surface area (Å²) >= 11 is 0. The van der Waals surface area contributed by atoms with Crippen molar-refractivity contribution in [1.82, 2.24) is 0 Å². The van der Waals surface area contributed by atoms with Gasteiger partial charge in [0.05, 0.1) is 6.61 Å². The van der Waals surface area contributed by atoms with Crippen LogP contribution in [0.15, 0.2) is 48.5 Å². The molecule has 1 atom stereocenters. The molecular formula is C16H17NO2. The average molecular weight is 255 g/mol. The monoisotopic (exact) mass is 255 g/mol. The Morgan fingerprint density at radius 1 is 1.16 bits per heavy atom. The van der Waals surface area contributed by atoms with Crippen LogP contribution in [0.4, 0.5) is 0 Å². The Hall–Kier alpha value is -2.00. The second-order valence-electron chi connectivity index (χ2n) is 4.72. The van der Waals surface area contributed by atoms with Gasteiger partial charge in [-0.3, -0.25) is 0 Å². The van der Waals surface area contributed by atoms with Crippen LogP contribution in [-0.4, -0.2) is 6.61 Å². The number of rotatable bonds is 3. The predicted octanol–water partition coefficient (Wildman–Crippen LogP) is 3.05. The summed E-state index contributed by atoms with van der Waals surface area (Å²) in [6, 6.07) is 16.1. The van der Waals surface area contributed by atoms with Crippen LogP contribution in [0.5, 0.6) is 11.5 Å². The standard InChI is InChI=1S/C16H17NO2/c17-15-8-9-18-16-10-13(6-7-14(15)16)19-11-12-4-2-1-3-5-12/h1-7,10,15H,8-9,11,17H2. The van der Waals surface area contributed by atoms with E-state index in [1.54, 1.807) is 0 Å². The van der Waals surface area contributed by atoms with E-state index in [0.29, 0.717) is 13.2 Å². The van der Waals surface area contributed by atoms with E-state index in [0.717, 1.165) is 29.0 Å². The molecule has 3 rings (SSSR count). The van der Waals surface area contributed by atoms with Crippen LogP contribution in [0.3, 0.4) is 0 Å². The topological polar surface area (TPSA) is 44.5 Å². The van der Waals surface area contributed by atoms with Crippen molar-refractivity contribution < 1.29 is 9.47 Å². The Labute approximate surface area is 113 Å². The first-order chi connectivity index (χ1) is 9.33. The Kier molecular flexibility index (Phi) is 3.38. The minimum atomic E-state index is 0.0759. The second kappa shape index (κ2) is 5.33. The van der Waals surface area contributed by atoms with Gasteiger partial charge in [-0.2, -0.15) is 0 Å². The fourth-order valence-corrected chi connectivity index (χ4v) is 2.23. The zero-order valence-corrected chi connectivity index (χ0v) is 10.7. The van der Waals surface area contributed by atoms with E-state index >= 15 is 0 Å². The smallest absolute Gasteiger partial charge is 0.127 e. The quantitative estimate of drug-likeness (QED) is 0.916. The third-order valence-electron chi connectivity index (χ3n) is 3.32. The molecule has 1 aliphatic heterocycles. The molecule has 1 unspecified atom stereocenters. The van der Waals surface area contributed by atoms with Gasteiger partial charge in [-0.15, -0.1) is 0 Å². The molecule has 0 bridgehead atoms. The van der Waals surface area contributed by atoms with Crippen molar-refractivity contribution in [3.8, 4) is 11.5 Å². The molecule has 2 N–H and O–H groups in total. The maximum atomic E-state index is 6.04. The van der Waals surface area contributed by atoms with Crippen molar-refractivity contribution in [3.63, 3.8) is 0 Å². The summed E-state index contributed by atoms with van der Waals surface area (Å²) in [7, 11) is 0. The molecular weight excluding hydrogens is 238 g/mol. The zero-order chi connectivity index (χ0) is 13.1. The maximum Gasteiger partial charge on any atom is 0.127 e. The van der Waals surface area contributed by atoms with Crippen molar-refractivity contribution in [3.05, 3.63) is 59.7 Å². The van der Waals surface area contributed by atoms with E-state index in [4.69, 9.17) is 15.2 Å². The molecule has 3 heteroatoms. The molecule has 0 aliphatic carbocycles. The van der Waals surface area contributed by atoms with Gasteiger partial charge in [0.1, 0.15) is 18.1 Å². The average Bonchev–Trinajstić information content (AvgIpc) is 2.46. The number of hydrogen-bond acceptors (Lipinski definition) is 3. The van der Waals surface area contributed by atoms with E-state index < -0.39 is 0 Å². The summed E-state index contributed by atoms with van der Waals surface area (Å²) in [6.07, 6.45) is 0.872. The number of nitrogens with two attached hydrogens (primary N) is 1. The molecule has 19 heavy (non-hydrogen) atoms. The van der Waals surface area contributed by atoms with E-state index in [9.17, 15) is 0 Å². The van der Waals surface area contributed by atoms with E-state index in [1.165, 1.54) is 0 Å². The Balaban J connectivity index is 1.72. The third kappa shape index (κ3) is 2.71. The van der Waals surface area contributed by atoms with Crippen molar-refractivity contribution in [2.45, 2.75) is 19.1 Å². The number of benzene rings is 2. The highest BCUT2D eigenvalue weighted by Crippen LogP contribution is 2.33. The highest BCUT2D eigenvalue weighted by molar-refractivity contribution is 5.43. The maximum absolute atomic E-state index is 6.04. The van der Waals surface area contributed by atoms with Crippen LogP contribution in [0.25, 0.3) is 0 Å². The minimum absolute atomic E-state index is 0.0759. The zero-order valence-electron chi connectivity index (χ0n) is 10.7. The van der Waals surface area contributed by atoms with Gasteiger partial charge in [-0.1, -0.05) is 36.4 Å². The summed E-state index contributed by atoms with van der Waals surface area (Å²) in [5, 5.41) is 0. The first-order valence-corrected chi connectivity index (χ1v) is 6.52. The van der Waals surface area contributed by atoms with Crippen molar-refractivity contribution in [1.29, 1.82) is 0 Å². The van der Waals surface area contributed by atoms with Crippen molar-refractivity contribution >= 4 is 0 Å². The van der Waals surface area contributed by atoms with Gasteiger partial charge in [0, 0.05) is 24.1 Å². The lowest BCUT2D eigenvalue weighted by Gasteiger charge is -2.23. The number of hydrogen-bond donors (Lipinski definition) is 1. The van der Waals surface area contributed by atoms with Gasteiger partial charge >= 0.3 is 0 Å². The van der Waals surface area contributed by atoms with Gasteiger partial charge in [-0.25, -0.2) is 0 Å². The van der Waals surface area contributed by atoms with Crippen LogP contribution in [0, 0.1) is 0 Å². The molecule has 3 nitrogen and oxygen atoms in total. The van der Waals surface area contributed by atoms with Crippen LogP contribution >= 0.6 is 0 Å². The lowest BCUT2D eigenvalue weighted by Crippen LogP contribution is -2.20. The molecule has 98 valence electrons. The summed E-state index contributed by atoms with van der Waals surface area (Å²) in [6.45, 7) is 1.24. The van der Waals surface area contributed by atoms with Gasteiger partial charge in [-0.05, 0) is 11.6 Å². The first-order valence-electron chi connectivity index (χ1n) is 6.52. The molecule has 0 spiro atoms. The predicted molar refractivity (Wildman–Crippen MR) is 74.3 cm³/mol. The Bertz CT molecular complexity index is 554. The van der Waals surface area contributed by atoms with Crippen LogP contribution < -0.4 is 15.2 Å². The molecule has 2 aromatic carbocycles. The third-order valence-corrected chi connectivity index (χ3v) is 3.32. The Morgan fingerprint density at radius 3 is 2.84 bits per heavy atom. The van der Waals surface area contributed by atoms with Gasteiger partial charge < -0.3 is 15.2 Å². The SMILES string of the molecule is NC1CCOc2cc(OCc3ccccc3)ccc21. The molecule has 0 fully saturated rings. The minimum Gasteiger partial charge on any atom is -0.493 e. The molecule has 0 saturated carbocycles. The van der Waals surface area contributed by atoms with E-state index in [-0.39, 0.29) is 6.04 Å². The second-order valence-corrected chi connectivity index (χ2v) is 4.72. The summed E-state index contributed by atoms with van der Waals surface area (Å²) in [5.41, 5.74) is 8.26. The molecule has 0 amide bonds. The summed E-state index contributed by atoms with van der Waals surface area (Å²) in [5.74, 6) is 1.67. The highest BCUT2D eigenvalue weighted by Gasteiger charge is 2.18. The van der Waals surface area contributed by atoms with Gasteiger partial charge in [0.15, 0.2) is 0 Å². The van der Waals surface area contributed by atoms with Gasteiger partial charge in [0.25, 0.3) is 0 Å². The molecule has 0 aromatic heterocycles. The van der Waals surface area contributed by atoms with Crippen molar-refractivity contribution in [2.24, 2.45) is 5.73 Å². The molecule has 0 radical (unpaired) electrons. The normalized spacial score (nSPS) is 17.4. The lowest BCUT2D eigenvalue weighted by atomic mass is 10.0. The molecule has 1 aliphatic rings. The Morgan fingerprint density at radius 2 is 2.00 bits per heavy atom. The van der Waals surface area contributed by atoms with Crippen LogP contribution in [-0.2, 0) is 6.61 Å². The van der Waals surface area contributed by atoms with Gasteiger partial charge in [0.2, 0.25) is 0 Å². The van der Waals surface area contributed by atoms with Crippen LogP contribution in [0.1, 0.15) is 23.6 Å². The van der Waals surface area contributed by atoms with E-state index in [2.05, 4.69) is 0 Å². The molecule has 0 saturated heterocycles. The summed E-state index contributed by atoms with van der Waals surface area (Å²) < 4.78 is 11.4. The summed E-state index contributed by atoms with van der Waals surface area (Å²) in [4.78, 5) is 0. The molecule has 1 heterocycles. The lowest BCUT2D eigenvalue weighted by molar-refractivity contribution is 0.262. The van der Waals surface area contributed by atoms with Crippen LogP contribution in [0.2, 0.25) is 0 Å². The number of ether oxygens (including phenoxy) is 2. The van der Waals surface area contributed by atoms with E-state index in [1.807, 2.05) is 48.5 Å². The first kappa shape index (κ1) is 12.1. The fourth-order valence-electron chi connectivity index (χ4n) is 2.23. The number of fused-ring (bicyclic) bond motifs is 1. The van der Waals surface area contributed by atoms with Crippen molar-refractivity contribution in [2.75, 3.05) is 6.61 Å².